The number of aromatic nitrogens is 2. The van der Waals surface area contributed by atoms with E-state index >= 15 is 0 Å². The van der Waals surface area contributed by atoms with Crippen molar-refractivity contribution in [3.8, 4) is 0 Å². The van der Waals surface area contributed by atoms with Gasteiger partial charge in [0.2, 0.25) is 5.95 Å². The minimum Gasteiger partial charge on any atom is -0.478 e. The highest BCUT2D eigenvalue weighted by molar-refractivity contribution is 5.86. The number of carboxylic acids is 1. The number of rotatable bonds is 3. The van der Waals surface area contributed by atoms with E-state index in [4.69, 9.17) is 5.11 Å². The predicted molar refractivity (Wildman–Crippen MR) is 67.9 cm³/mol. The number of nitrogens with zero attached hydrogens (tertiary/aromatic N) is 4. The van der Waals surface area contributed by atoms with Crippen LogP contribution in [0.3, 0.4) is 0 Å². The molecule has 1 atom stereocenters. The van der Waals surface area contributed by atoms with E-state index < -0.39 is 5.97 Å². The SMILES string of the molecule is CCN1CCN(c2ncc(C(=O)O)cn2)CC1C. The van der Waals surface area contributed by atoms with Gasteiger partial charge >= 0.3 is 5.97 Å². The number of hydrogen-bond donors (Lipinski definition) is 1. The van der Waals surface area contributed by atoms with Gasteiger partial charge < -0.3 is 10.0 Å². The smallest absolute Gasteiger partial charge is 0.338 e. The summed E-state index contributed by atoms with van der Waals surface area (Å²) in [4.78, 5) is 23.5. The molecule has 18 heavy (non-hydrogen) atoms. The Bertz CT molecular complexity index is 421. The van der Waals surface area contributed by atoms with E-state index in [-0.39, 0.29) is 5.56 Å². The van der Waals surface area contributed by atoms with Crippen LogP contribution in [0.5, 0.6) is 0 Å². The van der Waals surface area contributed by atoms with E-state index in [0.29, 0.717) is 12.0 Å². The van der Waals surface area contributed by atoms with Crippen LogP contribution in [0.25, 0.3) is 0 Å². The van der Waals surface area contributed by atoms with Crippen molar-refractivity contribution in [2.75, 3.05) is 31.1 Å². The Balaban J connectivity index is 2.06. The molecule has 1 aromatic heterocycles. The Hall–Kier alpha value is -1.69. The fraction of sp³-hybridized carbons (Fsp3) is 0.583. The summed E-state index contributed by atoms with van der Waals surface area (Å²) in [5, 5.41) is 8.79. The third-order valence-electron chi connectivity index (χ3n) is 3.34. The zero-order chi connectivity index (χ0) is 13.1. The average Bonchev–Trinajstić information content (AvgIpc) is 2.38. The third kappa shape index (κ3) is 2.59. The van der Waals surface area contributed by atoms with Crippen LogP contribution >= 0.6 is 0 Å². The monoisotopic (exact) mass is 250 g/mol. The number of carboxylic acid groups (broad SMARTS) is 1. The molecule has 0 amide bonds. The lowest BCUT2D eigenvalue weighted by Crippen LogP contribution is -2.52. The van der Waals surface area contributed by atoms with Gasteiger partial charge in [0.15, 0.2) is 0 Å². The van der Waals surface area contributed by atoms with Gasteiger partial charge in [-0.3, -0.25) is 4.90 Å². The quantitative estimate of drug-likeness (QED) is 0.852. The van der Waals surface area contributed by atoms with Crippen molar-refractivity contribution in [3.63, 3.8) is 0 Å². The Morgan fingerprint density at radius 3 is 2.61 bits per heavy atom. The molecule has 1 aliphatic rings. The summed E-state index contributed by atoms with van der Waals surface area (Å²) >= 11 is 0. The number of hydrogen-bond acceptors (Lipinski definition) is 5. The molecule has 0 spiro atoms. The molecule has 2 rings (SSSR count). The van der Waals surface area contributed by atoms with Gasteiger partial charge in [0.05, 0.1) is 5.56 Å². The first kappa shape index (κ1) is 12.8. The molecule has 0 aromatic carbocycles. The molecule has 6 nitrogen and oxygen atoms in total. The lowest BCUT2D eigenvalue weighted by molar-refractivity contribution is 0.0696. The first-order chi connectivity index (χ1) is 8.61. The van der Waals surface area contributed by atoms with Crippen molar-refractivity contribution >= 4 is 11.9 Å². The van der Waals surface area contributed by atoms with Crippen molar-refractivity contribution in [1.82, 2.24) is 14.9 Å². The van der Waals surface area contributed by atoms with Crippen molar-refractivity contribution in [2.45, 2.75) is 19.9 Å². The number of piperazine rings is 1. The summed E-state index contributed by atoms with van der Waals surface area (Å²) in [6.07, 6.45) is 2.73. The molecule has 0 aliphatic carbocycles. The Kier molecular flexibility index (Phi) is 3.76. The van der Waals surface area contributed by atoms with Crippen LogP contribution in [0.15, 0.2) is 12.4 Å². The van der Waals surface area contributed by atoms with Crippen LogP contribution in [0.4, 0.5) is 5.95 Å². The van der Waals surface area contributed by atoms with Crippen LogP contribution in [0.2, 0.25) is 0 Å². The molecule has 0 saturated carbocycles. The maximum absolute atomic E-state index is 10.7. The fourth-order valence-corrected chi connectivity index (χ4v) is 2.24. The summed E-state index contributed by atoms with van der Waals surface area (Å²) in [5.74, 6) is -0.381. The van der Waals surface area contributed by atoms with Crippen LogP contribution in [0, 0.1) is 0 Å². The predicted octanol–water partition coefficient (Wildman–Crippen LogP) is 0.705. The molecular formula is C12H18N4O2. The van der Waals surface area contributed by atoms with Gasteiger partial charge in [-0.2, -0.15) is 0 Å². The lowest BCUT2D eigenvalue weighted by Gasteiger charge is -2.39. The van der Waals surface area contributed by atoms with Gasteiger partial charge in [-0.15, -0.1) is 0 Å². The molecule has 1 aliphatic heterocycles. The highest BCUT2D eigenvalue weighted by Crippen LogP contribution is 2.14. The van der Waals surface area contributed by atoms with Crippen LogP contribution < -0.4 is 4.90 Å². The zero-order valence-electron chi connectivity index (χ0n) is 10.7. The summed E-state index contributed by atoms with van der Waals surface area (Å²) in [6, 6.07) is 0.464. The molecule has 2 heterocycles. The summed E-state index contributed by atoms with van der Waals surface area (Å²) < 4.78 is 0. The molecule has 0 radical (unpaired) electrons. The highest BCUT2D eigenvalue weighted by atomic mass is 16.4. The van der Waals surface area contributed by atoms with Crippen molar-refractivity contribution in [1.29, 1.82) is 0 Å². The number of anilines is 1. The molecular weight excluding hydrogens is 232 g/mol. The molecule has 1 fully saturated rings. The first-order valence-corrected chi connectivity index (χ1v) is 6.16. The third-order valence-corrected chi connectivity index (χ3v) is 3.34. The standard InChI is InChI=1S/C12H18N4O2/c1-3-15-4-5-16(8-9(15)2)12-13-6-10(7-14-12)11(17)18/h6-7,9H,3-5,8H2,1-2H3,(H,17,18). The topological polar surface area (TPSA) is 69.6 Å². The highest BCUT2D eigenvalue weighted by Gasteiger charge is 2.23. The Labute approximate surface area is 106 Å². The minimum atomic E-state index is -0.995. The van der Waals surface area contributed by atoms with Gasteiger partial charge in [-0.25, -0.2) is 14.8 Å². The second-order valence-corrected chi connectivity index (χ2v) is 4.50. The second-order valence-electron chi connectivity index (χ2n) is 4.50. The normalized spacial score (nSPS) is 21.0. The van der Waals surface area contributed by atoms with Crippen molar-refractivity contribution < 1.29 is 9.90 Å². The van der Waals surface area contributed by atoms with E-state index in [9.17, 15) is 4.79 Å². The molecule has 98 valence electrons. The van der Waals surface area contributed by atoms with E-state index in [1.807, 2.05) is 0 Å². The van der Waals surface area contributed by atoms with E-state index in [1.54, 1.807) is 0 Å². The fourth-order valence-electron chi connectivity index (χ4n) is 2.24. The lowest BCUT2D eigenvalue weighted by atomic mass is 10.2. The average molecular weight is 250 g/mol. The summed E-state index contributed by atoms with van der Waals surface area (Å²) in [6.45, 7) is 8.13. The molecule has 6 heteroatoms. The zero-order valence-corrected chi connectivity index (χ0v) is 10.7. The van der Waals surface area contributed by atoms with Gasteiger partial charge in [0, 0.05) is 38.1 Å². The van der Waals surface area contributed by atoms with Crippen LogP contribution in [-0.4, -0.2) is 58.2 Å². The Morgan fingerprint density at radius 1 is 1.44 bits per heavy atom. The number of likely N-dealkylation sites (N-methyl/N-ethyl adjacent to an activating group) is 1. The molecule has 1 unspecified atom stereocenters. The van der Waals surface area contributed by atoms with Gasteiger partial charge in [-0.05, 0) is 13.5 Å². The maximum atomic E-state index is 10.7. The van der Waals surface area contributed by atoms with E-state index in [1.165, 1.54) is 12.4 Å². The Morgan fingerprint density at radius 2 is 2.11 bits per heavy atom. The van der Waals surface area contributed by atoms with Gasteiger partial charge in [0.25, 0.3) is 0 Å². The van der Waals surface area contributed by atoms with Crippen LogP contribution in [0.1, 0.15) is 24.2 Å². The minimum absolute atomic E-state index is 0.124. The number of aromatic carboxylic acids is 1. The van der Waals surface area contributed by atoms with Crippen LogP contribution in [-0.2, 0) is 0 Å². The molecule has 1 aromatic rings. The largest absolute Gasteiger partial charge is 0.478 e. The van der Waals surface area contributed by atoms with Crippen molar-refractivity contribution in [2.24, 2.45) is 0 Å². The van der Waals surface area contributed by atoms with E-state index in [0.717, 1.165) is 26.2 Å². The molecule has 0 bridgehead atoms. The van der Waals surface area contributed by atoms with E-state index in [2.05, 4.69) is 33.6 Å². The van der Waals surface area contributed by atoms with Crippen molar-refractivity contribution in [3.05, 3.63) is 18.0 Å². The molecule has 1 saturated heterocycles. The first-order valence-electron chi connectivity index (χ1n) is 6.16. The second kappa shape index (κ2) is 5.30. The number of carbonyl (C=O) groups is 1. The van der Waals surface area contributed by atoms with Gasteiger partial charge in [-0.1, -0.05) is 6.92 Å². The maximum Gasteiger partial charge on any atom is 0.338 e. The summed E-state index contributed by atoms with van der Waals surface area (Å²) in [5.41, 5.74) is 0.124. The summed E-state index contributed by atoms with van der Waals surface area (Å²) in [7, 11) is 0. The molecule has 1 N–H and O–H groups in total. The van der Waals surface area contributed by atoms with Gasteiger partial charge in [0.1, 0.15) is 0 Å².